The molecule has 0 radical (unpaired) electrons. The van der Waals surface area contributed by atoms with E-state index in [4.69, 9.17) is 10.5 Å². The van der Waals surface area contributed by atoms with Gasteiger partial charge in [0.05, 0.1) is 9.80 Å². The van der Waals surface area contributed by atoms with E-state index >= 15 is 0 Å². The van der Waals surface area contributed by atoms with Gasteiger partial charge in [-0.3, -0.25) is 0 Å². The number of hydrogen-bond donors (Lipinski definition) is 0. The summed E-state index contributed by atoms with van der Waals surface area (Å²) in [7, 11) is -3.58. The highest BCUT2D eigenvalue weighted by atomic mass is 32.2. The zero-order chi connectivity index (χ0) is 12.5. The molecule has 82 valence electrons. The van der Waals surface area contributed by atoms with Crippen molar-refractivity contribution in [3.05, 3.63) is 46.4 Å². The molecular weight excluding hydrogens is 236 g/mol. The summed E-state index contributed by atoms with van der Waals surface area (Å²) >= 11 is 0. The van der Waals surface area contributed by atoms with Crippen LogP contribution in [-0.2, 0) is 9.84 Å². The SMILES string of the molecule is N#CC(C#N)=CC1=Cc2ccccc2S1(=O)=O. The van der Waals surface area contributed by atoms with Gasteiger partial charge in [0, 0.05) is 0 Å². The predicted octanol–water partition coefficient (Wildman–Crippen LogP) is 1.79. The number of nitriles is 2. The van der Waals surface area contributed by atoms with Crippen LogP contribution in [0.1, 0.15) is 5.56 Å². The van der Waals surface area contributed by atoms with Crippen molar-refractivity contribution in [3.63, 3.8) is 0 Å². The average molecular weight is 242 g/mol. The largest absolute Gasteiger partial charge is 0.218 e. The highest BCUT2D eigenvalue weighted by Gasteiger charge is 2.27. The van der Waals surface area contributed by atoms with E-state index < -0.39 is 9.84 Å². The molecule has 1 aliphatic rings. The van der Waals surface area contributed by atoms with Gasteiger partial charge < -0.3 is 0 Å². The van der Waals surface area contributed by atoms with Crippen LogP contribution in [0.3, 0.4) is 0 Å². The molecule has 0 N–H and O–H groups in total. The maximum absolute atomic E-state index is 12.0. The fourth-order valence-corrected chi connectivity index (χ4v) is 3.06. The second-order valence-electron chi connectivity index (χ2n) is 3.37. The number of fused-ring (bicyclic) bond motifs is 1. The number of nitrogens with zero attached hydrogens (tertiary/aromatic N) is 2. The first-order chi connectivity index (χ1) is 8.09. The third-order valence-electron chi connectivity index (χ3n) is 2.34. The van der Waals surface area contributed by atoms with Crippen LogP contribution >= 0.6 is 0 Å². The number of allylic oxidation sites excluding steroid dienone is 2. The minimum atomic E-state index is -3.58. The monoisotopic (exact) mass is 242 g/mol. The Morgan fingerprint density at radius 1 is 1.18 bits per heavy atom. The number of hydrogen-bond acceptors (Lipinski definition) is 4. The molecular formula is C12H6N2O2S. The Bertz CT molecular complexity index is 713. The van der Waals surface area contributed by atoms with Crippen molar-refractivity contribution in [2.24, 2.45) is 0 Å². The van der Waals surface area contributed by atoms with E-state index in [2.05, 4.69) is 0 Å². The number of sulfone groups is 1. The number of rotatable bonds is 1. The Labute approximate surface area is 98.6 Å². The van der Waals surface area contributed by atoms with E-state index in [1.54, 1.807) is 30.3 Å². The Kier molecular flexibility index (Phi) is 2.55. The van der Waals surface area contributed by atoms with Crippen LogP contribution in [0.4, 0.5) is 0 Å². The topological polar surface area (TPSA) is 81.7 Å². The molecule has 4 nitrogen and oxygen atoms in total. The molecule has 1 heterocycles. The molecule has 17 heavy (non-hydrogen) atoms. The van der Waals surface area contributed by atoms with Crippen LogP contribution in [0.2, 0.25) is 0 Å². The zero-order valence-corrected chi connectivity index (χ0v) is 9.40. The molecule has 0 aromatic heterocycles. The van der Waals surface area contributed by atoms with E-state index in [9.17, 15) is 8.42 Å². The lowest BCUT2D eigenvalue weighted by Crippen LogP contribution is -1.99. The second-order valence-corrected chi connectivity index (χ2v) is 5.29. The lowest BCUT2D eigenvalue weighted by atomic mass is 10.2. The van der Waals surface area contributed by atoms with Crippen LogP contribution in [0.25, 0.3) is 6.08 Å². The van der Waals surface area contributed by atoms with E-state index in [0.717, 1.165) is 6.08 Å². The summed E-state index contributed by atoms with van der Waals surface area (Å²) < 4.78 is 24.0. The molecule has 0 amide bonds. The standard InChI is InChI=1S/C12H6N2O2S/c13-7-9(8-14)5-11-6-10-3-1-2-4-12(10)17(11,15)16/h1-6H. The average Bonchev–Trinajstić information content (AvgIpc) is 2.58. The summed E-state index contributed by atoms with van der Waals surface area (Å²) in [6.07, 6.45) is 2.55. The first-order valence-corrected chi connectivity index (χ1v) is 6.15. The molecule has 1 aliphatic heterocycles. The summed E-state index contributed by atoms with van der Waals surface area (Å²) in [4.78, 5) is 0.193. The van der Waals surface area contributed by atoms with Gasteiger partial charge in [0.15, 0.2) is 0 Å². The maximum atomic E-state index is 12.0. The molecule has 0 unspecified atom stereocenters. The van der Waals surface area contributed by atoms with Gasteiger partial charge in [0.25, 0.3) is 0 Å². The van der Waals surface area contributed by atoms with Gasteiger partial charge in [0.2, 0.25) is 9.84 Å². The van der Waals surface area contributed by atoms with Crippen molar-refractivity contribution < 1.29 is 8.42 Å². The van der Waals surface area contributed by atoms with Gasteiger partial charge >= 0.3 is 0 Å². The molecule has 0 bridgehead atoms. The first-order valence-electron chi connectivity index (χ1n) is 4.67. The van der Waals surface area contributed by atoms with Crippen molar-refractivity contribution in [3.8, 4) is 12.1 Å². The van der Waals surface area contributed by atoms with E-state index in [1.807, 2.05) is 0 Å². The molecule has 1 aromatic carbocycles. The van der Waals surface area contributed by atoms with Crippen LogP contribution in [0.5, 0.6) is 0 Å². The molecule has 0 spiro atoms. The molecule has 1 aromatic rings. The Morgan fingerprint density at radius 3 is 2.41 bits per heavy atom. The summed E-state index contributed by atoms with van der Waals surface area (Å²) in [6, 6.07) is 9.81. The molecule has 2 rings (SSSR count). The second kappa shape index (κ2) is 3.89. The zero-order valence-electron chi connectivity index (χ0n) is 8.58. The summed E-state index contributed by atoms with van der Waals surface area (Å²) in [6.45, 7) is 0. The van der Waals surface area contributed by atoms with Gasteiger partial charge in [-0.15, -0.1) is 0 Å². The van der Waals surface area contributed by atoms with Gasteiger partial charge in [0.1, 0.15) is 17.7 Å². The smallest absolute Gasteiger partial charge is 0.207 e. The van der Waals surface area contributed by atoms with Crippen LogP contribution in [-0.4, -0.2) is 8.42 Å². The van der Waals surface area contributed by atoms with Gasteiger partial charge in [-0.05, 0) is 23.8 Å². The van der Waals surface area contributed by atoms with Gasteiger partial charge in [-0.1, -0.05) is 18.2 Å². The molecule has 0 aliphatic carbocycles. The summed E-state index contributed by atoms with van der Waals surface area (Å²) in [5, 5.41) is 17.2. The highest BCUT2D eigenvalue weighted by molar-refractivity contribution is 7.96. The molecule has 0 atom stereocenters. The Morgan fingerprint density at radius 2 is 1.82 bits per heavy atom. The molecule has 0 fully saturated rings. The third-order valence-corrected chi connectivity index (χ3v) is 4.15. The van der Waals surface area contributed by atoms with Gasteiger partial charge in [-0.25, -0.2) is 8.42 Å². The van der Waals surface area contributed by atoms with Crippen LogP contribution < -0.4 is 0 Å². The van der Waals surface area contributed by atoms with Crippen molar-refractivity contribution in [1.82, 2.24) is 0 Å². The predicted molar refractivity (Wildman–Crippen MR) is 60.9 cm³/mol. The van der Waals surface area contributed by atoms with E-state index in [-0.39, 0.29) is 15.4 Å². The minimum absolute atomic E-state index is 0.0169. The van der Waals surface area contributed by atoms with Crippen LogP contribution in [0, 0.1) is 22.7 Å². The van der Waals surface area contributed by atoms with Crippen molar-refractivity contribution >= 4 is 15.9 Å². The molecule has 0 saturated carbocycles. The Balaban J connectivity index is 2.62. The normalized spacial score (nSPS) is 15.1. The fourth-order valence-electron chi connectivity index (χ4n) is 1.55. The molecule has 5 heteroatoms. The van der Waals surface area contributed by atoms with Crippen molar-refractivity contribution in [2.75, 3.05) is 0 Å². The molecule has 0 saturated heterocycles. The van der Waals surface area contributed by atoms with Crippen molar-refractivity contribution in [1.29, 1.82) is 10.5 Å². The lowest BCUT2D eigenvalue weighted by Gasteiger charge is -1.98. The van der Waals surface area contributed by atoms with Gasteiger partial charge in [-0.2, -0.15) is 10.5 Å². The van der Waals surface area contributed by atoms with E-state index in [0.29, 0.717) is 5.56 Å². The first kappa shape index (κ1) is 11.1. The lowest BCUT2D eigenvalue weighted by molar-refractivity contribution is 0.604. The summed E-state index contributed by atoms with van der Waals surface area (Å²) in [5.41, 5.74) is 0.349. The Hall–Kier alpha value is -2.37. The fraction of sp³-hybridized carbons (Fsp3) is 0. The maximum Gasteiger partial charge on any atom is 0.207 e. The quantitative estimate of drug-likeness (QED) is 0.703. The summed E-state index contributed by atoms with van der Waals surface area (Å²) in [5.74, 6) is 0. The highest BCUT2D eigenvalue weighted by Crippen LogP contribution is 2.33. The third kappa shape index (κ3) is 1.73. The number of benzene rings is 1. The van der Waals surface area contributed by atoms with Crippen LogP contribution in [0.15, 0.2) is 45.7 Å². The van der Waals surface area contributed by atoms with E-state index in [1.165, 1.54) is 12.1 Å². The van der Waals surface area contributed by atoms with Crippen molar-refractivity contribution in [2.45, 2.75) is 4.90 Å². The minimum Gasteiger partial charge on any atom is -0.218 e.